The molecule has 15 heavy (non-hydrogen) atoms. The maximum Gasteiger partial charge on any atom is 0.304 e. The Labute approximate surface area is 89.1 Å². The molecule has 0 aliphatic heterocycles. The third-order valence-electron chi connectivity index (χ3n) is 2.09. The molecule has 0 aliphatic rings. The van der Waals surface area contributed by atoms with Crippen molar-refractivity contribution in [1.29, 1.82) is 0 Å². The van der Waals surface area contributed by atoms with Gasteiger partial charge in [-0.3, -0.25) is 4.79 Å². The van der Waals surface area contributed by atoms with Crippen LogP contribution in [-0.4, -0.2) is 24.2 Å². The zero-order valence-electron chi connectivity index (χ0n) is 8.57. The predicted octanol–water partition coefficient (Wildman–Crippen LogP) is 0.876. The highest BCUT2D eigenvalue weighted by Crippen LogP contribution is 2.05. The molecule has 0 unspecified atom stereocenters. The Kier molecular flexibility index (Phi) is 4.63. The van der Waals surface area contributed by atoms with Crippen LogP contribution >= 0.6 is 0 Å². The topological polar surface area (TPSA) is 75.3 Å². The molecular formula is C11H16N2O2. The number of carboxylic acid groups (broad SMARTS) is 1. The van der Waals surface area contributed by atoms with Gasteiger partial charge in [0.25, 0.3) is 0 Å². The van der Waals surface area contributed by atoms with Gasteiger partial charge in [0, 0.05) is 12.2 Å². The largest absolute Gasteiger partial charge is 0.481 e. The van der Waals surface area contributed by atoms with Crippen molar-refractivity contribution < 1.29 is 9.90 Å². The highest BCUT2D eigenvalue weighted by molar-refractivity contribution is 5.66. The molecule has 4 N–H and O–H groups in total. The molecular weight excluding hydrogens is 192 g/mol. The zero-order valence-corrected chi connectivity index (χ0v) is 8.57. The summed E-state index contributed by atoms with van der Waals surface area (Å²) in [6, 6.07) is 7.70. The van der Waals surface area contributed by atoms with E-state index in [-0.39, 0.29) is 6.42 Å². The number of nitrogens with one attached hydrogen (secondary N) is 1. The minimum atomic E-state index is -0.769. The van der Waals surface area contributed by atoms with E-state index in [1.54, 1.807) is 0 Å². The minimum absolute atomic E-state index is 0.168. The van der Waals surface area contributed by atoms with Crippen molar-refractivity contribution in [2.75, 3.05) is 18.8 Å². The van der Waals surface area contributed by atoms with E-state index in [0.717, 1.165) is 18.7 Å². The number of benzene rings is 1. The molecule has 1 aromatic carbocycles. The first-order valence-electron chi connectivity index (χ1n) is 4.95. The molecule has 1 aromatic rings. The van der Waals surface area contributed by atoms with Crippen LogP contribution in [0.1, 0.15) is 12.0 Å². The van der Waals surface area contributed by atoms with Crippen molar-refractivity contribution in [2.24, 2.45) is 0 Å². The molecule has 4 heteroatoms. The van der Waals surface area contributed by atoms with Gasteiger partial charge in [0.1, 0.15) is 0 Å². The fraction of sp³-hybridized carbons (Fsp3) is 0.364. The Morgan fingerprint density at radius 2 is 1.93 bits per heavy atom. The molecule has 0 aromatic heterocycles. The lowest BCUT2D eigenvalue weighted by atomic mass is 10.1. The lowest BCUT2D eigenvalue weighted by Gasteiger charge is -2.03. The van der Waals surface area contributed by atoms with Crippen LogP contribution in [0.3, 0.4) is 0 Å². The number of carbonyl (C=O) groups is 1. The smallest absolute Gasteiger partial charge is 0.304 e. The number of hydrogen-bond donors (Lipinski definition) is 3. The highest BCUT2D eigenvalue weighted by Gasteiger charge is 1.96. The lowest BCUT2D eigenvalue weighted by Crippen LogP contribution is -2.20. The third-order valence-corrected chi connectivity index (χ3v) is 2.09. The summed E-state index contributed by atoms with van der Waals surface area (Å²) in [5.74, 6) is -0.769. The summed E-state index contributed by atoms with van der Waals surface area (Å²) < 4.78 is 0. The van der Waals surface area contributed by atoms with E-state index in [2.05, 4.69) is 5.32 Å². The summed E-state index contributed by atoms with van der Waals surface area (Å²) in [5, 5.41) is 11.5. The Bertz CT molecular complexity index is 309. The maximum absolute atomic E-state index is 10.2. The van der Waals surface area contributed by atoms with Crippen molar-refractivity contribution in [2.45, 2.75) is 12.8 Å². The highest BCUT2D eigenvalue weighted by atomic mass is 16.4. The first-order valence-corrected chi connectivity index (χ1v) is 4.95. The molecule has 0 heterocycles. The predicted molar refractivity (Wildman–Crippen MR) is 59.7 cm³/mol. The summed E-state index contributed by atoms with van der Waals surface area (Å²) in [6.45, 7) is 1.31. The Balaban J connectivity index is 2.15. The molecule has 0 saturated heterocycles. The van der Waals surface area contributed by atoms with E-state index in [0.29, 0.717) is 6.54 Å². The van der Waals surface area contributed by atoms with Crippen LogP contribution in [0.25, 0.3) is 0 Å². The maximum atomic E-state index is 10.2. The molecule has 0 fully saturated rings. The molecule has 4 nitrogen and oxygen atoms in total. The molecule has 0 spiro atoms. The molecule has 0 saturated carbocycles. The molecule has 1 rings (SSSR count). The Morgan fingerprint density at radius 3 is 2.53 bits per heavy atom. The molecule has 0 aliphatic carbocycles. The van der Waals surface area contributed by atoms with Crippen molar-refractivity contribution in [3.05, 3.63) is 29.8 Å². The average molecular weight is 208 g/mol. The number of aliphatic carboxylic acids is 1. The molecule has 0 atom stereocenters. The summed E-state index contributed by atoms with van der Waals surface area (Å²) in [5.41, 5.74) is 7.52. The van der Waals surface area contributed by atoms with Crippen LogP contribution in [0.15, 0.2) is 24.3 Å². The molecule has 0 bridgehead atoms. The van der Waals surface area contributed by atoms with E-state index < -0.39 is 5.97 Å². The van der Waals surface area contributed by atoms with Crippen molar-refractivity contribution in [1.82, 2.24) is 5.32 Å². The van der Waals surface area contributed by atoms with Crippen LogP contribution in [-0.2, 0) is 11.2 Å². The first-order chi connectivity index (χ1) is 7.18. The second kappa shape index (κ2) is 6.03. The van der Waals surface area contributed by atoms with Gasteiger partial charge in [-0.2, -0.15) is 0 Å². The molecule has 0 radical (unpaired) electrons. The quantitative estimate of drug-likeness (QED) is 0.479. The minimum Gasteiger partial charge on any atom is -0.481 e. The number of hydrogen-bond acceptors (Lipinski definition) is 3. The van der Waals surface area contributed by atoms with E-state index in [9.17, 15) is 4.79 Å². The van der Waals surface area contributed by atoms with Crippen LogP contribution in [0.5, 0.6) is 0 Å². The fourth-order valence-electron chi connectivity index (χ4n) is 1.24. The summed E-state index contributed by atoms with van der Waals surface area (Å²) in [4.78, 5) is 10.2. The van der Waals surface area contributed by atoms with E-state index in [1.807, 2.05) is 24.3 Å². The van der Waals surface area contributed by atoms with Crippen molar-refractivity contribution in [3.63, 3.8) is 0 Å². The summed E-state index contributed by atoms with van der Waals surface area (Å²) >= 11 is 0. The molecule has 0 amide bonds. The van der Waals surface area contributed by atoms with Crippen LogP contribution in [0.4, 0.5) is 5.69 Å². The van der Waals surface area contributed by atoms with Crippen LogP contribution < -0.4 is 11.1 Å². The average Bonchev–Trinajstić information content (AvgIpc) is 2.20. The fourth-order valence-corrected chi connectivity index (χ4v) is 1.24. The number of nitrogens with two attached hydrogens (primary N) is 1. The first kappa shape index (κ1) is 11.5. The van der Waals surface area contributed by atoms with Crippen molar-refractivity contribution >= 4 is 11.7 Å². The van der Waals surface area contributed by atoms with Gasteiger partial charge in [0.05, 0.1) is 6.42 Å². The van der Waals surface area contributed by atoms with Gasteiger partial charge in [0.15, 0.2) is 0 Å². The SMILES string of the molecule is Nc1ccc(CCNCCC(=O)O)cc1. The van der Waals surface area contributed by atoms with Crippen LogP contribution in [0.2, 0.25) is 0 Å². The summed E-state index contributed by atoms with van der Waals surface area (Å²) in [7, 11) is 0. The normalized spacial score (nSPS) is 10.1. The van der Waals surface area contributed by atoms with Gasteiger partial charge in [-0.1, -0.05) is 12.1 Å². The van der Waals surface area contributed by atoms with E-state index in [1.165, 1.54) is 5.56 Å². The van der Waals surface area contributed by atoms with Crippen LogP contribution in [0, 0.1) is 0 Å². The number of rotatable bonds is 6. The Hall–Kier alpha value is -1.55. The van der Waals surface area contributed by atoms with Crippen molar-refractivity contribution in [3.8, 4) is 0 Å². The van der Waals surface area contributed by atoms with Gasteiger partial charge in [0.2, 0.25) is 0 Å². The van der Waals surface area contributed by atoms with E-state index >= 15 is 0 Å². The summed E-state index contributed by atoms with van der Waals surface area (Å²) in [6.07, 6.45) is 1.06. The van der Waals surface area contributed by atoms with Gasteiger partial charge >= 0.3 is 5.97 Å². The van der Waals surface area contributed by atoms with Gasteiger partial charge < -0.3 is 16.2 Å². The third kappa shape index (κ3) is 5.02. The standard InChI is InChI=1S/C11H16N2O2/c12-10-3-1-9(2-4-10)5-7-13-8-6-11(14)15/h1-4,13H,5-8,12H2,(H,14,15). The van der Waals surface area contributed by atoms with Gasteiger partial charge in [-0.05, 0) is 30.7 Å². The van der Waals surface area contributed by atoms with Gasteiger partial charge in [-0.15, -0.1) is 0 Å². The lowest BCUT2D eigenvalue weighted by molar-refractivity contribution is -0.136. The second-order valence-electron chi connectivity index (χ2n) is 3.39. The Morgan fingerprint density at radius 1 is 1.27 bits per heavy atom. The number of carboxylic acids is 1. The van der Waals surface area contributed by atoms with Gasteiger partial charge in [-0.25, -0.2) is 0 Å². The zero-order chi connectivity index (χ0) is 11.1. The second-order valence-corrected chi connectivity index (χ2v) is 3.39. The molecule has 82 valence electrons. The van der Waals surface area contributed by atoms with E-state index in [4.69, 9.17) is 10.8 Å². The number of anilines is 1. The number of nitrogen functional groups attached to an aromatic ring is 1. The monoisotopic (exact) mass is 208 g/mol.